The van der Waals surface area contributed by atoms with Gasteiger partial charge in [-0.25, -0.2) is 4.98 Å². The zero-order valence-electron chi connectivity index (χ0n) is 22.5. The molecule has 0 saturated carbocycles. The second-order valence-corrected chi connectivity index (χ2v) is 12.6. The summed E-state index contributed by atoms with van der Waals surface area (Å²) >= 11 is 1.73. The largest absolute Gasteiger partial charge is 0.461 e. The Morgan fingerprint density at radius 3 is 2.46 bits per heavy atom. The van der Waals surface area contributed by atoms with Crippen LogP contribution in [0.2, 0.25) is 0 Å². The summed E-state index contributed by atoms with van der Waals surface area (Å²) in [5.41, 5.74) is 8.24. The smallest absolute Gasteiger partial charge is 0.134 e. The van der Waals surface area contributed by atoms with E-state index in [0.717, 1.165) is 33.7 Å². The first-order chi connectivity index (χ1) is 17.7. The van der Waals surface area contributed by atoms with Gasteiger partial charge in [0.25, 0.3) is 0 Å². The minimum atomic E-state index is 0.0298. The molecule has 2 nitrogen and oxygen atoms in total. The summed E-state index contributed by atoms with van der Waals surface area (Å²) in [6, 6.07) is 24.4. The maximum atomic E-state index is 6.13. The third-order valence-electron chi connectivity index (χ3n) is 7.18. The first kappa shape index (κ1) is 23.9. The molecule has 0 saturated heterocycles. The van der Waals surface area contributed by atoms with Crippen molar-refractivity contribution in [2.75, 3.05) is 0 Å². The predicted octanol–water partition coefficient (Wildman–Crippen LogP) is 10.3. The highest BCUT2D eigenvalue weighted by molar-refractivity contribution is 7.17. The number of nitrogens with zero attached hydrogens (tertiary/aromatic N) is 1. The van der Waals surface area contributed by atoms with Gasteiger partial charge in [0, 0.05) is 22.8 Å². The van der Waals surface area contributed by atoms with Crippen molar-refractivity contribution in [2.24, 2.45) is 5.92 Å². The lowest BCUT2D eigenvalue weighted by Crippen LogP contribution is -2.12. The molecule has 3 heteroatoms. The summed E-state index contributed by atoms with van der Waals surface area (Å²) in [7, 11) is 0. The van der Waals surface area contributed by atoms with Gasteiger partial charge >= 0.3 is 0 Å². The Labute approximate surface area is 223 Å². The van der Waals surface area contributed by atoms with Crippen molar-refractivity contribution in [3.05, 3.63) is 89.0 Å². The van der Waals surface area contributed by atoms with Gasteiger partial charge in [0.05, 0.1) is 5.69 Å². The third-order valence-corrected chi connectivity index (χ3v) is 8.17. The van der Waals surface area contributed by atoms with Crippen LogP contribution in [0.3, 0.4) is 0 Å². The van der Waals surface area contributed by atoms with Crippen LogP contribution < -0.4 is 0 Å². The molecule has 0 fully saturated rings. The summed E-state index contributed by atoms with van der Waals surface area (Å²) in [6.07, 6.45) is 0.954. The van der Waals surface area contributed by atoms with Gasteiger partial charge in [0.2, 0.25) is 0 Å². The van der Waals surface area contributed by atoms with E-state index in [9.17, 15) is 0 Å². The van der Waals surface area contributed by atoms with E-state index < -0.39 is 0 Å². The Hall–Kier alpha value is -3.43. The van der Waals surface area contributed by atoms with Gasteiger partial charge in [-0.05, 0) is 93.1 Å². The van der Waals surface area contributed by atoms with Crippen molar-refractivity contribution >= 4 is 43.3 Å². The highest BCUT2D eigenvalue weighted by atomic mass is 32.1. The number of aromatic nitrogens is 1. The predicted molar refractivity (Wildman–Crippen MR) is 160 cm³/mol. The molecule has 0 aliphatic carbocycles. The molecule has 0 aliphatic rings. The van der Waals surface area contributed by atoms with Crippen LogP contribution in [0.5, 0.6) is 0 Å². The Morgan fingerprint density at radius 1 is 0.892 bits per heavy atom. The molecule has 0 spiro atoms. The number of aryl methyl sites for hydroxylation is 1. The van der Waals surface area contributed by atoms with Gasteiger partial charge < -0.3 is 4.42 Å². The van der Waals surface area contributed by atoms with Crippen LogP contribution in [0.1, 0.15) is 51.5 Å². The Kier molecular flexibility index (Phi) is 5.72. The van der Waals surface area contributed by atoms with Crippen molar-refractivity contribution in [3.8, 4) is 22.4 Å². The van der Waals surface area contributed by atoms with Crippen LogP contribution in [0, 0.1) is 12.8 Å². The lowest BCUT2D eigenvalue weighted by molar-refractivity contribution is 0.500. The first-order valence-electron chi connectivity index (χ1n) is 13.1. The third kappa shape index (κ3) is 4.36. The molecule has 0 bridgehead atoms. The number of rotatable bonds is 4. The van der Waals surface area contributed by atoms with E-state index in [1.807, 2.05) is 0 Å². The SMILES string of the molecule is Cc1csc2nc(-c3cc(C(C)(C)C)c4ccccc4c3)cc(-c3ccc4oc(CC(C)C)cc4c3)c12. The normalized spacial score (nSPS) is 12.4. The average Bonchev–Trinajstić information content (AvgIpc) is 3.43. The number of hydrogen-bond donors (Lipinski definition) is 0. The van der Waals surface area contributed by atoms with Crippen LogP contribution in [0.25, 0.3) is 54.3 Å². The number of furan rings is 1. The number of pyridine rings is 1. The van der Waals surface area contributed by atoms with Crippen LogP contribution >= 0.6 is 11.3 Å². The number of benzene rings is 3. The number of hydrogen-bond acceptors (Lipinski definition) is 3. The van der Waals surface area contributed by atoms with E-state index in [4.69, 9.17) is 9.40 Å². The van der Waals surface area contributed by atoms with Crippen molar-refractivity contribution in [1.82, 2.24) is 4.98 Å². The molecule has 6 aromatic rings. The van der Waals surface area contributed by atoms with Gasteiger partial charge in [-0.15, -0.1) is 11.3 Å². The average molecular weight is 504 g/mol. The molecule has 0 unspecified atom stereocenters. The highest BCUT2D eigenvalue weighted by Crippen LogP contribution is 2.40. The van der Waals surface area contributed by atoms with Crippen LogP contribution in [0.4, 0.5) is 0 Å². The maximum absolute atomic E-state index is 6.13. The topological polar surface area (TPSA) is 26.0 Å². The van der Waals surface area contributed by atoms with Crippen LogP contribution in [-0.4, -0.2) is 4.98 Å². The highest BCUT2D eigenvalue weighted by Gasteiger charge is 2.20. The summed E-state index contributed by atoms with van der Waals surface area (Å²) in [5.74, 6) is 1.62. The maximum Gasteiger partial charge on any atom is 0.134 e. The number of thiophene rings is 1. The molecule has 3 aromatic carbocycles. The molecule has 0 atom stereocenters. The molecule has 3 heterocycles. The quantitative estimate of drug-likeness (QED) is 0.239. The summed E-state index contributed by atoms with van der Waals surface area (Å²) in [4.78, 5) is 6.27. The van der Waals surface area contributed by atoms with Crippen molar-refractivity contribution in [2.45, 2.75) is 53.4 Å². The minimum Gasteiger partial charge on any atom is -0.461 e. The van der Waals surface area contributed by atoms with E-state index in [2.05, 4.69) is 114 Å². The molecule has 0 aliphatic heterocycles. The zero-order chi connectivity index (χ0) is 25.9. The summed E-state index contributed by atoms with van der Waals surface area (Å²) < 4.78 is 6.13. The van der Waals surface area contributed by atoms with Gasteiger partial charge in [0.1, 0.15) is 16.2 Å². The molecule has 0 amide bonds. The lowest BCUT2D eigenvalue weighted by Gasteiger charge is -2.23. The summed E-state index contributed by atoms with van der Waals surface area (Å²) in [6.45, 7) is 13.5. The van der Waals surface area contributed by atoms with Crippen LogP contribution in [-0.2, 0) is 11.8 Å². The van der Waals surface area contributed by atoms with E-state index in [-0.39, 0.29) is 5.41 Å². The lowest BCUT2D eigenvalue weighted by atomic mass is 9.82. The van der Waals surface area contributed by atoms with Gasteiger partial charge in [-0.1, -0.05) is 65.0 Å². The molecule has 6 rings (SSSR count). The molecule has 37 heavy (non-hydrogen) atoms. The molecule has 186 valence electrons. The Balaban J connectivity index is 1.56. The number of fused-ring (bicyclic) bond motifs is 3. The van der Waals surface area contributed by atoms with Crippen molar-refractivity contribution < 1.29 is 4.42 Å². The van der Waals surface area contributed by atoms with Gasteiger partial charge in [0.15, 0.2) is 0 Å². The fourth-order valence-corrected chi connectivity index (χ4v) is 6.36. The van der Waals surface area contributed by atoms with E-state index in [1.165, 1.54) is 44.0 Å². The molecule has 3 aromatic heterocycles. The second-order valence-electron chi connectivity index (χ2n) is 11.7. The Morgan fingerprint density at radius 2 is 1.68 bits per heavy atom. The van der Waals surface area contributed by atoms with E-state index in [0.29, 0.717) is 5.92 Å². The van der Waals surface area contributed by atoms with Crippen molar-refractivity contribution in [3.63, 3.8) is 0 Å². The second kappa shape index (κ2) is 8.85. The molecule has 0 radical (unpaired) electrons. The van der Waals surface area contributed by atoms with Gasteiger partial charge in [-0.2, -0.15) is 0 Å². The molecular weight excluding hydrogens is 470 g/mol. The Bertz CT molecular complexity index is 1780. The zero-order valence-corrected chi connectivity index (χ0v) is 23.3. The van der Waals surface area contributed by atoms with E-state index in [1.54, 1.807) is 11.3 Å². The van der Waals surface area contributed by atoms with Crippen LogP contribution in [0.15, 0.2) is 76.5 Å². The monoisotopic (exact) mass is 503 g/mol. The van der Waals surface area contributed by atoms with Gasteiger partial charge in [-0.3, -0.25) is 0 Å². The standard InChI is InChI=1S/C34H33NOS/c1-20(2)13-26-16-25-15-23(11-12-31(25)36-26)28-18-30(35-33-32(28)21(3)19-37-33)24-14-22-9-7-8-10-27(22)29(17-24)34(4,5)6/h7-12,14-20H,13H2,1-6H3. The molecular formula is C34H33NOS. The first-order valence-corrected chi connectivity index (χ1v) is 14.0. The molecule has 0 N–H and O–H groups in total. The fraction of sp³-hybridized carbons (Fsp3) is 0.265. The fourth-order valence-electron chi connectivity index (χ4n) is 5.41. The van der Waals surface area contributed by atoms with E-state index >= 15 is 0 Å². The minimum absolute atomic E-state index is 0.0298. The van der Waals surface area contributed by atoms with Crippen molar-refractivity contribution in [1.29, 1.82) is 0 Å². The summed E-state index contributed by atoms with van der Waals surface area (Å²) in [5, 5.41) is 7.20.